The fourth-order valence-electron chi connectivity index (χ4n) is 3.48. The first kappa shape index (κ1) is 19.9. The van der Waals surface area contributed by atoms with Crippen molar-refractivity contribution in [2.45, 2.75) is 38.9 Å². The Kier molecular flexibility index (Phi) is 4.47. The molecule has 0 saturated heterocycles. The zero-order valence-electron chi connectivity index (χ0n) is 18.1. The van der Waals surface area contributed by atoms with E-state index in [1.54, 1.807) is 13.8 Å². The number of rotatable bonds is 5. The Morgan fingerprint density at radius 3 is 2.32 bits per heavy atom. The van der Waals surface area contributed by atoms with Crippen LogP contribution in [0.15, 0.2) is 69.5 Å². The minimum atomic E-state index is -0.948. The number of hydrogen-bond acceptors (Lipinski definition) is 5. The topological polar surface area (TPSA) is 68.6 Å². The molecular weight excluding hydrogens is 389 g/mol. The molecule has 2 heterocycles. The largest absolute Gasteiger partial charge is 0.456 e. The van der Waals surface area contributed by atoms with Crippen LogP contribution in [0.2, 0.25) is 0 Å². The monoisotopic (exact) mass is 413 g/mol. The van der Waals surface area contributed by atoms with Gasteiger partial charge < -0.3 is 18.6 Å². The predicted molar refractivity (Wildman–Crippen MR) is 125 cm³/mol. The highest BCUT2D eigenvalue weighted by atomic mass is 16.5. The lowest BCUT2D eigenvalue weighted by atomic mass is 9.82. The Morgan fingerprint density at radius 1 is 0.839 bits per heavy atom. The molecule has 0 radical (unpaired) electrons. The van der Waals surface area contributed by atoms with Crippen molar-refractivity contribution in [2.24, 2.45) is 0 Å². The SMILES string of the molecule is CC(C)(O)C(C)(C)OBc1ccc2c(c1)oc1cc3nc(-c4ccccc4)oc3cc12. The van der Waals surface area contributed by atoms with Gasteiger partial charge in [0.05, 0.1) is 11.2 Å². The van der Waals surface area contributed by atoms with Crippen LogP contribution in [0, 0.1) is 0 Å². The summed E-state index contributed by atoms with van der Waals surface area (Å²) in [5, 5.41) is 12.3. The van der Waals surface area contributed by atoms with Crippen LogP contribution in [0.5, 0.6) is 0 Å². The van der Waals surface area contributed by atoms with Crippen LogP contribution in [0.3, 0.4) is 0 Å². The molecular formula is C25H24BNO4. The lowest BCUT2D eigenvalue weighted by Crippen LogP contribution is -2.49. The van der Waals surface area contributed by atoms with Gasteiger partial charge >= 0.3 is 7.48 Å². The van der Waals surface area contributed by atoms with E-state index in [2.05, 4.69) is 4.98 Å². The van der Waals surface area contributed by atoms with E-state index in [0.29, 0.717) is 13.4 Å². The molecule has 0 saturated carbocycles. The van der Waals surface area contributed by atoms with E-state index in [1.165, 1.54) is 0 Å². The maximum absolute atomic E-state index is 10.3. The average Bonchev–Trinajstić information content (AvgIpc) is 3.30. The van der Waals surface area contributed by atoms with Crippen LogP contribution in [-0.4, -0.2) is 28.8 Å². The molecule has 0 aliphatic heterocycles. The van der Waals surface area contributed by atoms with Gasteiger partial charge in [-0.2, -0.15) is 0 Å². The molecule has 0 unspecified atom stereocenters. The summed E-state index contributed by atoms with van der Waals surface area (Å²) in [5.74, 6) is 0.599. The van der Waals surface area contributed by atoms with E-state index in [9.17, 15) is 5.11 Å². The fourth-order valence-corrected chi connectivity index (χ4v) is 3.48. The second-order valence-corrected chi connectivity index (χ2v) is 8.99. The number of oxazole rings is 1. The molecule has 156 valence electrons. The first-order chi connectivity index (χ1) is 14.7. The average molecular weight is 413 g/mol. The first-order valence-corrected chi connectivity index (χ1v) is 10.4. The Hall–Kier alpha value is -3.09. The molecule has 0 aliphatic carbocycles. The molecule has 0 bridgehead atoms. The van der Waals surface area contributed by atoms with Crippen molar-refractivity contribution < 1.29 is 18.6 Å². The van der Waals surface area contributed by atoms with Gasteiger partial charge in [-0.1, -0.05) is 30.3 Å². The van der Waals surface area contributed by atoms with Gasteiger partial charge in [0, 0.05) is 22.4 Å². The molecule has 6 heteroatoms. The van der Waals surface area contributed by atoms with Crippen molar-refractivity contribution in [2.75, 3.05) is 0 Å². The summed E-state index contributed by atoms with van der Waals surface area (Å²) in [5.41, 5.74) is 3.35. The third kappa shape index (κ3) is 3.52. The Labute approximate surface area is 180 Å². The molecule has 0 spiro atoms. The first-order valence-electron chi connectivity index (χ1n) is 10.4. The van der Waals surface area contributed by atoms with Gasteiger partial charge in [-0.25, -0.2) is 4.98 Å². The van der Waals surface area contributed by atoms with Gasteiger partial charge in [-0.3, -0.25) is 0 Å². The highest BCUT2D eigenvalue weighted by Crippen LogP contribution is 2.33. The summed E-state index contributed by atoms with van der Waals surface area (Å²) in [6.07, 6.45) is 0. The standard InChI is InChI=1S/C25H24BNO4/c1-24(2,28)25(3,4)31-26-16-10-11-17-18-13-22-19(14-21(18)29-20(17)12-16)27-23(30-22)15-8-6-5-7-9-15/h5-14,26,28H,1-4H3. The van der Waals surface area contributed by atoms with E-state index >= 15 is 0 Å². The molecule has 3 aromatic carbocycles. The number of aliphatic hydroxyl groups is 1. The van der Waals surface area contributed by atoms with Crippen molar-refractivity contribution in [1.29, 1.82) is 0 Å². The zero-order chi connectivity index (χ0) is 21.8. The summed E-state index contributed by atoms with van der Waals surface area (Å²) in [6.45, 7) is 7.28. The summed E-state index contributed by atoms with van der Waals surface area (Å²) < 4.78 is 18.1. The van der Waals surface area contributed by atoms with Gasteiger partial charge in [0.25, 0.3) is 0 Å². The van der Waals surface area contributed by atoms with Crippen molar-refractivity contribution in [3.63, 3.8) is 0 Å². The Balaban J connectivity index is 1.50. The molecule has 5 rings (SSSR count). The number of furan rings is 1. The fraction of sp³-hybridized carbons (Fsp3) is 0.240. The number of fused-ring (bicyclic) bond motifs is 4. The van der Waals surface area contributed by atoms with E-state index in [-0.39, 0.29) is 0 Å². The van der Waals surface area contributed by atoms with E-state index in [0.717, 1.165) is 44.1 Å². The smallest absolute Gasteiger partial charge is 0.309 e. The van der Waals surface area contributed by atoms with Gasteiger partial charge in [-0.15, -0.1) is 0 Å². The third-order valence-corrected chi connectivity index (χ3v) is 6.14. The molecule has 0 amide bonds. The normalized spacial score (nSPS) is 12.8. The highest BCUT2D eigenvalue weighted by molar-refractivity contribution is 6.47. The third-order valence-electron chi connectivity index (χ3n) is 6.14. The number of benzene rings is 3. The molecule has 1 N–H and O–H groups in total. The molecule has 5 aromatic rings. The van der Waals surface area contributed by atoms with Crippen molar-refractivity contribution in [3.8, 4) is 11.5 Å². The maximum atomic E-state index is 10.3. The van der Waals surface area contributed by atoms with E-state index < -0.39 is 11.2 Å². The van der Waals surface area contributed by atoms with E-state index in [4.69, 9.17) is 13.5 Å². The van der Waals surface area contributed by atoms with Crippen molar-refractivity contribution >= 4 is 46.0 Å². The Morgan fingerprint density at radius 2 is 1.58 bits per heavy atom. The molecule has 0 aliphatic rings. The van der Waals surface area contributed by atoms with Gasteiger partial charge in [-0.05, 0) is 57.4 Å². The van der Waals surface area contributed by atoms with Crippen molar-refractivity contribution in [1.82, 2.24) is 4.98 Å². The van der Waals surface area contributed by atoms with Crippen LogP contribution < -0.4 is 5.46 Å². The minimum absolute atomic E-state index is 0.383. The molecule has 2 aromatic heterocycles. The summed E-state index contributed by atoms with van der Waals surface area (Å²) >= 11 is 0. The summed E-state index contributed by atoms with van der Waals surface area (Å²) in [6, 6.07) is 19.8. The Bertz CT molecular complexity index is 1390. The highest BCUT2D eigenvalue weighted by Gasteiger charge is 2.35. The second kappa shape index (κ2) is 6.97. The summed E-state index contributed by atoms with van der Waals surface area (Å²) in [7, 11) is 0.383. The second-order valence-electron chi connectivity index (χ2n) is 8.99. The van der Waals surface area contributed by atoms with Gasteiger partial charge in [0.15, 0.2) is 5.58 Å². The van der Waals surface area contributed by atoms with Crippen molar-refractivity contribution in [3.05, 3.63) is 60.7 Å². The molecule has 0 fully saturated rings. The maximum Gasteiger partial charge on any atom is 0.309 e. The van der Waals surface area contributed by atoms with Crippen LogP contribution >= 0.6 is 0 Å². The number of hydrogen-bond donors (Lipinski definition) is 1. The minimum Gasteiger partial charge on any atom is -0.456 e. The van der Waals surface area contributed by atoms with Crippen LogP contribution in [0.25, 0.3) is 44.5 Å². The molecule has 0 atom stereocenters. The predicted octanol–water partition coefficient (Wildman–Crippen LogP) is 4.94. The lowest BCUT2D eigenvalue weighted by Gasteiger charge is -2.37. The van der Waals surface area contributed by atoms with Crippen LogP contribution in [0.4, 0.5) is 0 Å². The quantitative estimate of drug-likeness (QED) is 0.414. The number of nitrogens with zero attached hydrogens (tertiary/aromatic N) is 1. The van der Waals surface area contributed by atoms with Crippen LogP contribution in [0.1, 0.15) is 27.7 Å². The lowest BCUT2D eigenvalue weighted by molar-refractivity contribution is -0.0893. The summed E-state index contributed by atoms with van der Waals surface area (Å²) in [4.78, 5) is 4.63. The van der Waals surface area contributed by atoms with Gasteiger partial charge in [0.1, 0.15) is 16.7 Å². The number of aromatic nitrogens is 1. The molecule has 5 nitrogen and oxygen atoms in total. The molecule has 31 heavy (non-hydrogen) atoms. The van der Waals surface area contributed by atoms with Gasteiger partial charge in [0.2, 0.25) is 5.89 Å². The van der Waals surface area contributed by atoms with Crippen LogP contribution in [-0.2, 0) is 4.65 Å². The zero-order valence-corrected chi connectivity index (χ0v) is 18.1. The van der Waals surface area contributed by atoms with E-state index in [1.807, 2.05) is 74.5 Å².